The summed E-state index contributed by atoms with van der Waals surface area (Å²) in [7, 11) is -3.67. The second kappa shape index (κ2) is 5.88. The smallest absolute Gasteiger partial charge is 0.324 e. The van der Waals surface area contributed by atoms with E-state index in [1.54, 1.807) is 5.32 Å². The van der Waals surface area contributed by atoms with Gasteiger partial charge in [0.2, 0.25) is 0 Å². The lowest BCUT2D eigenvalue weighted by molar-refractivity contribution is -0.123. The monoisotopic (exact) mass is 328 g/mol. The van der Waals surface area contributed by atoms with Crippen LogP contribution in [0.3, 0.4) is 0 Å². The number of rotatable bonds is 5. The zero-order chi connectivity index (χ0) is 16.4. The molecule has 1 rings (SSSR count). The summed E-state index contributed by atoms with van der Waals surface area (Å²) in [6.45, 7) is -1.58. The first-order valence-electron chi connectivity index (χ1n) is 5.48. The summed E-state index contributed by atoms with van der Waals surface area (Å²) in [4.78, 5) is 11.3. The standard InChI is InChI=1S/C11H12F4N2O3S/c1-21(19,20)8-3-6(2-7(16)4-8)9(18)17-5-11(14,15)10(12)13/h2-4,10H,5,16H2,1H3,(H,17,18). The highest BCUT2D eigenvalue weighted by molar-refractivity contribution is 7.90. The largest absolute Gasteiger partial charge is 0.399 e. The molecule has 0 aliphatic rings. The number of hydrogen-bond acceptors (Lipinski definition) is 4. The zero-order valence-electron chi connectivity index (χ0n) is 10.7. The summed E-state index contributed by atoms with van der Waals surface area (Å²) >= 11 is 0. The summed E-state index contributed by atoms with van der Waals surface area (Å²) in [6, 6.07) is 3.05. The Bertz CT molecular complexity index is 647. The summed E-state index contributed by atoms with van der Waals surface area (Å²) < 4.78 is 72.0. The van der Waals surface area contributed by atoms with Crippen molar-refractivity contribution >= 4 is 21.4 Å². The fourth-order valence-electron chi connectivity index (χ4n) is 1.34. The average Bonchev–Trinajstić information content (AvgIpc) is 2.34. The highest BCUT2D eigenvalue weighted by atomic mass is 32.2. The Morgan fingerprint density at radius 2 is 1.90 bits per heavy atom. The maximum atomic E-state index is 12.7. The number of halogens is 4. The van der Waals surface area contributed by atoms with E-state index in [1.165, 1.54) is 0 Å². The van der Waals surface area contributed by atoms with Crippen LogP contribution in [-0.4, -0.2) is 39.5 Å². The average molecular weight is 328 g/mol. The molecule has 118 valence electrons. The number of carbonyl (C=O) groups is 1. The van der Waals surface area contributed by atoms with Gasteiger partial charge in [-0.25, -0.2) is 17.2 Å². The summed E-state index contributed by atoms with van der Waals surface area (Å²) in [6.07, 6.45) is -3.06. The van der Waals surface area contributed by atoms with Crippen LogP contribution in [0.25, 0.3) is 0 Å². The van der Waals surface area contributed by atoms with Crippen LogP contribution in [0.15, 0.2) is 23.1 Å². The molecule has 0 aromatic heterocycles. The minimum absolute atomic E-state index is 0.0799. The van der Waals surface area contributed by atoms with Gasteiger partial charge in [0.05, 0.1) is 11.4 Å². The van der Waals surface area contributed by atoms with Gasteiger partial charge in [-0.15, -0.1) is 0 Å². The van der Waals surface area contributed by atoms with Crippen molar-refractivity contribution in [3.63, 3.8) is 0 Å². The predicted molar refractivity (Wildman–Crippen MR) is 67.2 cm³/mol. The van der Waals surface area contributed by atoms with Crippen LogP contribution in [0, 0.1) is 0 Å². The molecular weight excluding hydrogens is 316 g/mol. The summed E-state index contributed by atoms with van der Waals surface area (Å²) in [5.74, 6) is -5.51. The first kappa shape index (κ1) is 17.2. The maximum Gasteiger partial charge on any atom is 0.324 e. The molecule has 0 saturated heterocycles. The summed E-state index contributed by atoms with van der Waals surface area (Å²) in [5.41, 5.74) is 5.01. The molecule has 0 bridgehead atoms. The van der Waals surface area contributed by atoms with Crippen molar-refractivity contribution in [2.24, 2.45) is 0 Å². The van der Waals surface area contributed by atoms with Gasteiger partial charge in [0.1, 0.15) is 0 Å². The molecule has 0 fully saturated rings. The van der Waals surface area contributed by atoms with Crippen molar-refractivity contribution in [3.8, 4) is 0 Å². The van der Waals surface area contributed by atoms with Gasteiger partial charge in [0.25, 0.3) is 5.91 Å². The molecule has 0 saturated carbocycles. The van der Waals surface area contributed by atoms with E-state index in [0.29, 0.717) is 0 Å². The number of amides is 1. The molecule has 0 spiro atoms. The Kier molecular flexibility index (Phi) is 4.82. The number of alkyl halides is 4. The number of benzene rings is 1. The first-order chi connectivity index (χ1) is 9.43. The van der Waals surface area contributed by atoms with E-state index in [4.69, 9.17) is 5.73 Å². The van der Waals surface area contributed by atoms with Gasteiger partial charge in [-0.3, -0.25) is 4.79 Å². The van der Waals surface area contributed by atoms with Crippen LogP contribution in [0.4, 0.5) is 23.2 Å². The Morgan fingerprint density at radius 1 is 1.33 bits per heavy atom. The zero-order valence-corrected chi connectivity index (χ0v) is 11.6. The quantitative estimate of drug-likeness (QED) is 0.630. The Balaban J connectivity index is 2.97. The fraction of sp³-hybridized carbons (Fsp3) is 0.364. The van der Waals surface area contributed by atoms with E-state index in [1.807, 2.05) is 0 Å². The normalized spacial score (nSPS) is 12.5. The lowest BCUT2D eigenvalue weighted by Crippen LogP contribution is -2.41. The van der Waals surface area contributed by atoms with Crippen LogP contribution in [0.1, 0.15) is 10.4 Å². The SMILES string of the molecule is CS(=O)(=O)c1cc(N)cc(C(=O)NCC(F)(F)C(F)F)c1. The van der Waals surface area contributed by atoms with Crippen molar-refractivity contribution in [2.75, 3.05) is 18.5 Å². The highest BCUT2D eigenvalue weighted by Gasteiger charge is 2.40. The third-order valence-corrected chi connectivity index (χ3v) is 3.52. The molecule has 1 aromatic carbocycles. The van der Waals surface area contributed by atoms with E-state index in [9.17, 15) is 30.8 Å². The van der Waals surface area contributed by atoms with Gasteiger partial charge in [-0.1, -0.05) is 0 Å². The minimum Gasteiger partial charge on any atom is -0.399 e. The molecule has 0 aliphatic heterocycles. The van der Waals surface area contributed by atoms with Gasteiger partial charge in [-0.2, -0.15) is 8.78 Å². The van der Waals surface area contributed by atoms with Gasteiger partial charge in [0.15, 0.2) is 9.84 Å². The van der Waals surface area contributed by atoms with Crippen molar-refractivity contribution in [1.82, 2.24) is 5.32 Å². The van der Waals surface area contributed by atoms with Crippen LogP contribution >= 0.6 is 0 Å². The molecule has 10 heteroatoms. The molecule has 0 aliphatic carbocycles. The van der Waals surface area contributed by atoms with Crippen LogP contribution in [-0.2, 0) is 9.84 Å². The molecule has 1 aromatic rings. The lowest BCUT2D eigenvalue weighted by atomic mass is 10.2. The van der Waals surface area contributed by atoms with E-state index in [2.05, 4.69) is 0 Å². The van der Waals surface area contributed by atoms with Gasteiger partial charge in [0, 0.05) is 17.5 Å². The van der Waals surface area contributed by atoms with Crippen LogP contribution in [0.5, 0.6) is 0 Å². The molecule has 0 unspecified atom stereocenters. The number of carbonyl (C=O) groups excluding carboxylic acids is 1. The Hall–Kier alpha value is -1.84. The second-order valence-electron chi connectivity index (χ2n) is 4.31. The molecule has 0 atom stereocenters. The molecule has 5 nitrogen and oxygen atoms in total. The van der Waals surface area contributed by atoms with E-state index in [0.717, 1.165) is 24.5 Å². The first-order valence-corrected chi connectivity index (χ1v) is 7.37. The topological polar surface area (TPSA) is 89.3 Å². The van der Waals surface area contributed by atoms with Crippen molar-refractivity contribution in [2.45, 2.75) is 17.2 Å². The van der Waals surface area contributed by atoms with E-state index in [-0.39, 0.29) is 16.1 Å². The van der Waals surface area contributed by atoms with Crippen LogP contribution < -0.4 is 11.1 Å². The molecule has 0 radical (unpaired) electrons. The van der Waals surface area contributed by atoms with Gasteiger partial charge >= 0.3 is 12.3 Å². The third-order valence-electron chi connectivity index (χ3n) is 2.42. The summed E-state index contributed by atoms with van der Waals surface area (Å²) in [5, 5.41) is 1.61. The predicted octanol–water partition coefficient (Wildman–Crippen LogP) is 1.30. The number of nitrogen functional groups attached to an aromatic ring is 1. The molecular formula is C11H12F4N2O3S. The maximum absolute atomic E-state index is 12.7. The van der Waals surface area contributed by atoms with Crippen LogP contribution in [0.2, 0.25) is 0 Å². The number of anilines is 1. The van der Waals surface area contributed by atoms with Gasteiger partial charge in [-0.05, 0) is 18.2 Å². The molecule has 1 amide bonds. The number of nitrogens with one attached hydrogen (secondary N) is 1. The molecule has 0 heterocycles. The highest BCUT2D eigenvalue weighted by Crippen LogP contribution is 2.22. The van der Waals surface area contributed by atoms with Crippen molar-refractivity contribution < 1.29 is 30.8 Å². The van der Waals surface area contributed by atoms with Crippen molar-refractivity contribution in [3.05, 3.63) is 23.8 Å². The lowest BCUT2D eigenvalue weighted by Gasteiger charge is -2.16. The number of sulfone groups is 1. The van der Waals surface area contributed by atoms with Gasteiger partial charge < -0.3 is 11.1 Å². The number of hydrogen-bond donors (Lipinski definition) is 2. The Morgan fingerprint density at radius 3 is 2.38 bits per heavy atom. The fourth-order valence-corrected chi connectivity index (χ4v) is 2.04. The molecule has 3 N–H and O–H groups in total. The van der Waals surface area contributed by atoms with Crippen molar-refractivity contribution in [1.29, 1.82) is 0 Å². The van der Waals surface area contributed by atoms with E-state index < -0.39 is 34.6 Å². The second-order valence-corrected chi connectivity index (χ2v) is 6.32. The third kappa shape index (κ3) is 4.59. The van der Waals surface area contributed by atoms with E-state index >= 15 is 0 Å². The number of nitrogens with two attached hydrogens (primary N) is 1. The minimum atomic E-state index is -4.38. The molecule has 21 heavy (non-hydrogen) atoms. The Labute approximate surface area is 118 Å².